The Hall–Kier alpha value is -4.34. The van der Waals surface area contributed by atoms with Crippen molar-refractivity contribution in [3.63, 3.8) is 0 Å². The highest BCUT2D eigenvalue weighted by atomic mass is 19.4. The number of imidazole rings is 1. The van der Waals surface area contributed by atoms with E-state index in [9.17, 15) is 23.2 Å². The number of alkyl halides is 3. The van der Waals surface area contributed by atoms with Gasteiger partial charge in [0, 0.05) is 18.2 Å². The van der Waals surface area contributed by atoms with Crippen molar-refractivity contribution in [2.24, 2.45) is 0 Å². The fraction of sp³-hybridized carbons (Fsp3) is 0.192. The zero-order chi connectivity index (χ0) is 26.2. The smallest absolute Gasteiger partial charge is 0.416 e. The number of benzene rings is 2. The van der Waals surface area contributed by atoms with Crippen molar-refractivity contribution in [3.05, 3.63) is 82.7 Å². The van der Waals surface area contributed by atoms with E-state index in [1.54, 1.807) is 19.1 Å². The topological polar surface area (TPSA) is 91.1 Å². The molecule has 1 amide bonds. The van der Waals surface area contributed by atoms with Crippen LogP contribution in [-0.2, 0) is 6.18 Å². The van der Waals surface area contributed by atoms with Crippen molar-refractivity contribution in [2.75, 3.05) is 12.4 Å². The molecule has 0 aliphatic rings. The Morgan fingerprint density at radius 1 is 1.06 bits per heavy atom. The van der Waals surface area contributed by atoms with Gasteiger partial charge in [0.25, 0.3) is 5.69 Å². The zero-order valence-electron chi connectivity index (χ0n) is 20.0. The number of pyridine rings is 1. The van der Waals surface area contributed by atoms with Crippen molar-refractivity contribution in [1.82, 2.24) is 9.97 Å². The van der Waals surface area contributed by atoms with Crippen LogP contribution in [0.1, 0.15) is 32.9 Å². The third-order valence-corrected chi connectivity index (χ3v) is 5.79. The van der Waals surface area contributed by atoms with Gasteiger partial charge in [-0.15, -0.1) is 0 Å². The lowest BCUT2D eigenvalue weighted by Crippen LogP contribution is -2.39. The quantitative estimate of drug-likeness (QED) is 0.252. The number of aromatic amines is 1. The molecule has 0 aliphatic heterocycles. The standard InChI is InChI=1S/C26H23F3N4O3/c1-14-7-5-8-15(2)21(14)22-20(36-4)12-11-19(32-22)24-30-16(3)23(33(24)35)25(34)31-18-10-6-9-17(13-18)26(27,28)29/h5-13,35H,1-4H3,(H,31,34)/p+1. The Balaban J connectivity index is 1.73. The summed E-state index contributed by atoms with van der Waals surface area (Å²) in [7, 11) is 1.54. The third kappa shape index (κ3) is 4.61. The summed E-state index contributed by atoms with van der Waals surface area (Å²) >= 11 is 0. The van der Waals surface area contributed by atoms with Gasteiger partial charge < -0.3 is 15.3 Å². The first kappa shape index (κ1) is 24.8. The first-order valence-electron chi connectivity index (χ1n) is 11.0. The van der Waals surface area contributed by atoms with Gasteiger partial charge in [0.05, 0.1) is 12.7 Å². The molecular formula is C26H24F3N4O3+. The molecule has 10 heteroatoms. The lowest BCUT2D eigenvalue weighted by Gasteiger charge is -2.13. The van der Waals surface area contributed by atoms with Crippen LogP contribution in [0.15, 0.2) is 54.6 Å². The second-order valence-electron chi connectivity index (χ2n) is 8.31. The number of nitrogens with one attached hydrogen (secondary N) is 2. The third-order valence-electron chi connectivity index (χ3n) is 5.79. The number of rotatable bonds is 5. The Kier molecular flexibility index (Phi) is 6.45. The van der Waals surface area contributed by atoms with Gasteiger partial charge in [0.1, 0.15) is 11.4 Å². The maximum Gasteiger partial charge on any atom is 0.416 e. The van der Waals surface area contributed by atoms with Gasteiger partial charge in [-0.05, 0) is 60.0 Å². The highest BCUT2D eigenvalue weighted by molar-refractivity contribution is 6.02. The van der Waals surface area contributed by atoms with Crippen molar-refractivity contribution in [1.29, 1.82) is 0 Å². The van der Waals surface area contributed by atoms with Gasteiger partial charge >= 0.3 is 17.9 Å². The van der Waals surface area contributed by atoms with Crippen LogP contribution in [0.2, 0.25) is 0 Å². The molecule has 0 aliphatic carbocycles. The average Bonchev–Trinajstić information content (AvgIpc) is 3.12. The van der Waals surface area contributed by atoms with Gasteiger partial charge in [0.2, 0.25) is 0 Å². The Bertz CT molecular complexity index is 1440. The van der Waals surface area contributed by atoms with E-state index in [1.807, 2.05) is 32.0 Å². The molecule has 0 saturated heterocycles. The van der Waals surface area contributed by atoms with E-state index >= 15 is 0 Å². The summed E-state index contributed by atoms with van der Waals surface area (Å²) in [5.41, 5.74) is 2.91. The van der Waals surface area contributed by atoms with E-state index in [-0.39, 0.29) is 17.2 Å². The van der Waals surface area contributed by atoms with E-state index in [0.29, 0.717) is 27.6 Å². The number of aryl methyl sites for hydroxylation is 3. The molecule has 0 bridgehead atoms. The minimum Gasteiger partial charge on any atom is -0.494 e. The summed E-state index contributed by atoms with van der Waals surface area (Å²) in [6, 6.07) is 13.4. The molecule has 4 rings (SSSR count). The van der Waals surface area contributed by atoms with Crippen LogP contribution in [0, 0.1) is 20.8 Å². The summed E-state index contributed by atoms with van der Waals surface area (Å²) < 4.78 is 45.2. The average molecular weight is 497 g/mol. The number of H-pyrrole nitrogens is 1. The highest BCUT2D eigenvalue weighted by Gasteiger charge is 2.33. The molecule has 36 heavy (non-hydrogen) atoms. The number of ether oxygens (including phenoxy) is 1. The molecule has 2 heterocycles. The molecule has 0 saturated carbocycles. The van der Waals surface area contributed by atoms with Crippen LogP contribution in [0.25, 0.3) is 22.8 Å². The summed E-state index contributed by atoms with van der Waals surface area (Å²) in [5, 5.41) is 13.3. The molecule has 0 fully saturated rings. The van der Waals surface area contributed by atoms with Gasteiger partial charge in [-0.2, -0.15) is 13.2 Å². The lowest BCUT2D eigenvalue weighted by molar-refractivity contribution is -0.896. The predicted molar refractivity (Wildman–Crippen MR) is 127 cm³/mol. The number of aromatic nitrogens is 3. The number of halogens is 3. The molecule has 7 nitrogen and oxygen atoms in total. The minimum absolute atomic E-state index is 0.0585. The second-order valence-corrected chi connectivity index (χ2v) is 8.31. The molecule has 0 spiro atoms. The number of amides is 1. The van der Waals surface area contributed by atoms with Crippen LogP contribution < -0.4 is 14.8 Å². The van der Waals surface area contributed by atoms with Crippen LogP contribution in [0.4, 0.5) is 18.9 Å². The van der Waals surface area contributed by atoms with Crippen molar-refractivity contribution < 1.29 is 32.6 Å². The van der Waals surface area contributed by atoms with Crippen LogP contribution >= 0.6 is 0 Å². The zero-order valence-corrected chi connectivity index (χ0v) is 20.0. The molecule has 4 aromatic rings. The molecule has 0 atom stereocenters. The summed E-state index contributed by atoms with van der Waals surface area (Å²) in [4.78, 5) is 20.6. The molecular weight excluding hydrogens is 473 g/mol. The largest absolute Gasteiger partial charge is 0.494 e. The van der Waals surface area contributed by atoms with Gasteiger partial charge in [-0.25, -0.2) is 9.97 Å². The van der Waals surface area contributed by atoms with E-state index in [1.165, 1.54) is 19.2 Å². The highest BCUT2D eigenvalue weighted by Crippen LogP contribution is 2.35. The maximum atomic E-state index is 13.0. The molecule has 2 aromatic heterocycles. The molecule has 0 unspecified atom stereocenters. The van der Waals surface area contributed by atoms with E-state index in [0.717, 1.165) is 28.8 Å². The number of hydrogen-bond acceptors (Lipinski definition) is 4. The van der Waals surface area contributed by atoms with E-state index in [4.69, 9.17) is 9.72 Å². The van der Waals surface area contributed by atoms with Crippen molar-refractivity contribution in [2.45, 2.75) is 26.9 Å². The number of carbonyl (C=O) groups is 1. The first-order chi connectivity index (χ1) is 17.0. The number of carbonyl (C=O) groups excluding carboxylic acids is 1. The molecule has 186 valence electrons. The normalized spacial score (nSPS) is 11.4. The Labute approximate surface area is 205 Å². The van der Waals surface area contributed by atoms with E-state index < -0.39 is 17.6 Å². The maximum absolute atomic E-state index is 13.0. The SMILES string of the molecule is COc1ccc(-c2[nH]c(C)c(C(=O)Nc3cccc(C(F)(F)F)c3)[n+]2O)nc1-c1c(C)cccc1C. The van der Waals surface area contributed by atoms with Crippen molar-refractivity contribution >= 4 is 11.6 Å². The Morgan fingerprint density at radius 3 is 2.36 bits per heavy atom. The van der Waals surface area contributed by atoms with Crippen LogP contribution in [0.3, 0.4) is 0 Å². The predicted octanol–water partition coefficient (Wildman–Crippen LogP) is 5.47. The summed E-state index contributed by atoms with van der Waals surface area (Å²) in [5.74, 6) is -0.136. The molecule has 2 aromatic carbocycles. The van der Waals surface area contributed by atoms with Crippen molar-refractivity contribution in [3.8, 4) is 28.5 Å². The van der Waals surface area contributed by atoms with Gasteiger partial charge in [-0.3, -0.25) is 4.79 Å². The van der Waals surface area contributed by atoms with Crippen LogP contribution in [-0.4, -0.2) is 28.2 Å². The summed E-state index contributed by atoms with van der Waals surface area (Å²) in [6.45, 7) is 5.47. The number of anilines is 1. The fourth-order valence-electron chi connectivity index (χ4n) is 4.07. The number of methoxy groups -OCH3 is 1. The first-order valence-corrected chi connectivity index (χ1v) is 11.0. The number of hydrogen-bond donors (Lipinski definition) is 3. The summed E-state index contributed by atoms with van der Waals surface area (Å²) in [6.07, 6.45) is -4.55. The minimum atomic E-state index is -4.55. The molecule has 0 radical (unpaired) electrons. The monoisotopic (exact) mass is 497 g/mol. The second kappa shape index (κ2) is 9.37. The number of nitrogens with zero attached hydrogens (tertiary/aromatic N) is 2. The lowest BCUT2D eigenvalue weighted by atomic mass is 9.99. The molecule has 3 N–H and O–H groups in total. The van der Waals surface area contributed by atoms with Gasteiger partial charge in [-0.1, -0.05) is 24.3 Å². The van der Waals surface area contributed by atoms with Gasteiger partial charge in [0.15, 0.2) is 11.4 Å². The van der Waals surface area contributed by atoms with E-state index in [2.05, 4.69) is 10.3 Å². The van der Waals surface area contributed by atoms with Crippen LogP contribution in [0.5, 0.6) is 5.75 Å². The fourth-order valence-corrected chi connectivity index (χ4v) is 4.07. The Morgan fingerprint density at radius 2 is 1.72 bits per heavy atom.